The van der Waals surface area contributed by atoms with Crippen molar-refractivity contribution >= 4 is 8.25 Å². The van der Waals surface area contributed by atoms with Crippen LogP contribution in [0.3, 0.4) is 0 Å². The molecule has 0 aliphatic carbocycles. The van der Waals surface area contributed by atoms with Crippen molar-refractivity contribution in [2.75, 3.05) is 0 Å². The van der Waals surface area contributed by atoms with E-state index in [1.54, 1.807) is 0 Å². The summed E-state index contributed by atoms with van der Waals surface area (Å²) >= 11 is 0. The van der Waals surface area contributed by atoms with E-state index in [0.29, 0.717) is 0 Å². The predicted molar refractivity (Wildman–Crippen MR) is 97.2 cm³/mol. The van der Waals surface area contributed by atoms with Crippen molar-refractivity contribution in [1.29, 1.82) is 0 Å². The van der Waals surface area contributed by atoms with E-state index in [1.165, 1.54) is 89.9 Å². The number of rotatable bonds is 14. The average molecular weight is 335 g/mol. The number of hydrogen-bond acceptors (Lipinski definition) is 1. The summed E-state index contributed by atoms with van der Waals surface area (Å²) in [5.41, 5.74) is 0. The highest BCUT2D eigenvalue weighted by Crippen LogP contribution is 2.23. The molecule has 0 atom stereocenters. The monoisotopic (exact) mass is 335 g/mol. The van der Waals surface area contributed by atoms with Crippen LogP contribution in [-0.4, -0.2) is 9.79 Å². The van der Waals surface area contributed by atoms with Gasteiger partial charge in [0.05, 0.1) is 0 Å². The molecule has 0 aromatic heterocycles. The molecule has 0 rings (SSSR count). The van der Waals surface area contributed by atoms with Crippen molar-refractivity contribution < 1.29 is 14.4 Å². The lowest BCUT2D eigenvalue weighted by Crippen LogP contribution is -2.01. The van der Waals surface area contributed by atoms with Crippen molar-refractivity contribution in [2.45, 2.75) is 111 Å². The average Bonchev–Trinajstić information content (AvgIpc) is 2.47. The summed E-state index contributed by atoms with van der Waals surface area (Å²) in [7, 11) is -2.87. The minimum absolute atomic E-state index is 1.04. The van der Waals surface area contributed by atoms with Crippen molar-refractivity contribution in [1.82, 2.24) is 0 Å². The van der Waals surface area contributed by atoms with Crippen molar-refractivity contribution in [3.8, 4) is 0 Å². The van der Waals surface area contributed by atoms with Gasteiger partial charge < -0.3 is 0 Å². The van der Waals surface area contributed by atoms with Crippen LogP contribution in [0.25, 0.3) is 0 Å². The summed E-state index contributed by atoms with van der Waals surface area (Å²) in [5, 5.41) is 0. The molecule has 4 heteroatoms. The van der Waals surface area contributed by atoms with Crippen LogP contribution in [0.1, 0.15) is 111 Å². The number of unbranched alkanes of at least 4 members (excludes halogenated alkanes) is 8. The summed E-state index contributed by atoms with van der Waals surface area (Å²) in [4.78, 5) is 14.2. The topological polar surface area (TPSA) is 57.5 Å². The molecule has 22 heavy (non-hydrogen) atoms. The van der Waals surface area contributed by atoms with Crippen LogP contribution in [0.4, 0.5) is 0 Å². The molecule has 3 nitrogen and oxygen atoms in total. The van der Waals surface area contributed by atoms with Gasteiger partial charge in [-0.05, 0) is 5.92 Å². The van der Waals surface area contributed by atoms with Gasteiger partial charge in [-0.3, -0.25) is 0 Å². The fourth-order valence-corrected chi connectivity index (χ4v) is 2.81. The van der Waals surface area contributed by atoms with Gasteiger partial charge in [-0.2, -0.15) is 0 Å². The summed E-state index contributed by atoms with van der Waals surface area (Å²) in [6, 6.07) is 0. The van der Waals surface area contributed by atoms with Gasteiger partial charge in [-0.1, -0.05) is 111 Å². The Morgan fingerprint density at radius 1 is 0.636 bits per heavy atom. The maximum absolute atomic E-state index is 8.70. The lowest BCUT2D eigenvalue weighted by Gasteiger charge is -2.16. The Bertz CT molecular complexity index is 210. The Labute approximate surface area is 139 Å². The third-order valence-corrected chi connectivity index (χ3v) is 4.15. The van der Waals surface area contributed by atoms with E-state index in [4.69, 9.17) is 14.4 Å². The predicted octanol–water partition coefficient (Wildman–Crippen LogP) is 6.75. The van der Waals surface area contributed by atoms with E-state index in [0.717, 1.165) is 5.92 Å². The Balaban J connectivity index is 0. The van der Waals surface area contributed by atoms with E-state index >= 15 is 0 Å². The van der Waals surface area contributed by atoms with Crippen molar-refractivity contribution in [3.05, 3.63) is 0 Å². The third-order valence-electron chi connectivity index (χ3n) is 4.15. The van der Waals surface area contributed by atoms with Gasteiger partial charge in [-0.25, -0.2) is 0 Å². The first-order valence-electron chi connectivity index (χ1n) is 9.43. The first kappa shape index (κ1) is 24.3. The maximum Gasteiger partial charge on any atom is 0.692 e. The van der Waals surface area contributed by atoms with Gasteiger partial charge in [0.25, 0.3) is 0 Å². The van der Waals surface area contributed by atoms with Crippen LogP contribution >= 0.6 is 8.25 Å². The second-order valence-electron chi connectivity index (χ2n) is 6.31. The molecule has 0 aromatic rings. The molecule has 0 radical (unpaired) electrons. The first-order chi connectivity index (χ1) is 10.6. The molecule has 0 saturated heterocycles. The first-order valence-corrected chi connectivity index (χ1v) is 10.6. The normalized spacial score (nSPS) is 10.5. The molecular formula is C18H40O3P+. The van der Waals surface area contributed by atoms with Crippen LogP contribution in [-0.2, 0) is 4.57 Å². The summed E-state index contributed by atoms with van der Waals surface area (Å²) in [6.07, 6.45) is 20.3. The second-order valence-corrected chi connectivity index (χ2v) is 6.82. The minimum Gasteiger partial charge on any atom is -0.134 e. The van der Waals surface area contributed by atoms with Crippen LogP contribution in [0.2, 0.25) is 0 Å². The van der Waals surface area contributed by atoms with E-state index in [1.807, 2.05) is 0 Å². The molecule has 0 fully saturated rings. The van der Waals surface area contributed by atoms with E-state index < -0.39 is 8.25 Å². The van der Waals surface area contributed by atoms with Crippen molar-refractivity contribution in [3.63, 3.8) is 0 Å². The lowest BCUT2D eigenvalue weighted by atomic mass is 9.90. The zero-order valence-electron chi connectivity index (χ0n) is 15.2. The zero-order chi connectivity index (χ0) is 17.1. The van der Waals surface area contributed by atoms with E-state index in [2.05, 4.69) is 20.8 Å². The highest BCUT2D eigenvalue weighted by molar-refractivity contribution is 7.30. The summed E-state index contributed by atoms with van der Waals surface area (Å²) < 4.78 is 8.70. The number of hydrogen-bond donors (Lipinski definition) is 2. The molecule has 0 aliphatic rings. The van der Waals surface area contributed by atoms with Crippen LogP contribution in [0, 0.1) is 5.92 Å². The van der Waals surface area contributed by atoms with Gasteiger partial charge in [0.2, 0.25) is 0 Å². The molecular weight excluding hydrogens is 295 g/mol. The molecule has 0 heterocycles. The fraction of sp³-hybridized carbons (Fsp3) is 1.00. The molecule has 0 unspecified atom stereocenters. The summed E-state index contributed by atoms with van der Waals surface area (Å²) in [5.74, 6) is 1.04. The Hall–Kier alpha value is 0.0200. The SMILES string of the molecule is CCCCCCCCCC(CCCC)CCCC.O=[P+](O)O. The quantitative estimate of drug-likeness (QED) is 0.272. The van der Waals surface area contributed by atoms with Crippen LogP contribution in [0.15, 0.2) is 0 Å². The van der Waals surface area contributed by atoms with Gasteiger partial charge in [0.15, 0.2) is 0 Å². The van der Waals surface area contributed by atoms with E-state index in [-0.39, 0.29) is 0 Å². The smallest absolute Gasteiger partial charge is 0.134 e. The third kappa shape index (κ3) is 25.0. The second kappa shape index (κ2) is 21.0. The lowest BCUT2D eigenvalue weighted by molar-refractivity contribution is 0.376. The molecule has 0 aromatic carbocycles. The molecule has 2 N–H and O–H groups in total. The van der Waals surface area contributed by atoms with E-state index in [9.17, 15) is 0 Å². The Kier molecular flexibility index (Phi) is 23.2. The standard InChI is InChI=1S/C18H38.HO3P/c1-4-7-10-11-12-13-14-17-18(15-8-5-2)16-9-6-3;1-4(2)3/h18H,4-17H2,1-3H3;(H-,1,2,3)/p+1. The minimum atomic E-state index is -2.87. The largest absolute Gasteiger partial charge is 0.692 e. The summed E-state index contributed by atoms with van der Waals surface area (Å²) in [6.45, 7) is 6.95. The van der Waals surface area contributed by atoms with Crippen LogP contribution < -0.4 is 0 Å². The fourth-order valence-electron chi connectivity index (χ4n) is 2.81. The van der Waals surface area contributed by atoms with Gasteiger partial charge in [0, 0.05) is 4.57 Å². The molecule has 0 aliphatic heterocycles. The van der Waals surface area contributed by atoms with Gasteiger partial charge in [0.1, 0.15) is 0 Å². The molecule has 0 spiro atoms. The van der Waals surface area contributed by atoms with Gasteiger partial charge >= 0.3 is 8.25 Å². The molecule has 0 amide bonds. The molecule has 0 saturated carbocycles. The zero-order valence-corrected chi connectivity index (χ0v) is 16.1. The Morgan fingerprint density at radius 3 is 1.36 bits per heavy atom. The molecule has 0 bridgehead atoms. The highest BCUT2D eigenvalue weighted by atomic mass is 31.1. The Morgan fingerprint density at radius 2 is 0.955 bits per heavy atom. The van der Waals surface area contributed by atoms with Crippen molar-refractivity contribution in [2.24, 2.45) is 5.92 Å². The molecule has 134 valence electrons. The maximum atomic E-state index is 8.70. The van der Waals surface area contributed by atoms with Crippen LogP contribution in [0.5, 0.6) is 0 Å². The highest BCUT2D eigenvalue weighted by Gasteiger charge is 2.07. The van der Waals surface area contributed by atoms with Gasteiger partial charge in [-0.15, -0.1) is 9.79 Å².